The number of ether oxygens (including phenoxy) is 1. The number of unbranched alkanes of at least 4 members (excludes halogenated alkanes) is 2. The fourth-order valence-electron chi connectivity index (χ4n) is 1.04. The maximum atomic E-state index is 9.86. The van der Waals surface area contributed by atoms with Gasteiger partial charge < -0.3 is 4.74 Å². The van der Waals surface area contributed by atoms with Crippen molar-refractivity contribution in [3.05, 3.63) is 0 Å². The first-order valence-electron chi connectivity index (χ1n) is 4.37. The SMILES string of the molecule is CCCCCC(CC)O[C]=O. The molecular formula is C9H17O2. The molecule has 0 aromatic heterocycles. The minimum atomic E-state index is 0.0963. The molecule has 0 aliphatic carbocycles. The Kier molecular flexibility index (Phi) is 7.21. The Labute approximate surface area is 68.9 Å². The van der Waals surface area contributed by atoms with E-state index in [4.69, 9.17) is 4.74 Å². The Morgan fingerprint density at radius 3 is 2.55 bits per heavy atom. The first-order valence-corrected chi connectivity index (χ1v) is 4.37. The van der Waals surface area contributed by atoms with E-state index in [9.17, 15) is 4.79 Å². The third-order valence-corrected chi connectivity index (χ3v) is 1.80. The highest BCUT2D eigenvalue weighted by molar-refractivity contribution is 5.38. The first-order chi connectivity index (χ1) is 5.35. The summed E-state index contributed by atoms with van der Waals surface area (Å²) in [5.41, 5.74) is 0. The molecule has 65 valence electrons. The number of carbonyl (C=O) groups excluding carboxylic acids is 1. The van der Waals surface area contributed by atoms with Gasteiger partial charge in [0.25, 0.3) is 0 Å². The third-order valence-electron chi connectivity index (χ3n) is 1.80. The molecule has 0 amide bonds. The number of hydrogen-bond acceptors (Lipinski definition) is 2. The summed E-state index contributed by atoms with van der Waals surface area (Å²) in [7, 11) is 0. The zero-order valence-corrected chi connectivity index (χ0v) is 7.43. The van der Waals surface area contributed by atoms with Gasteiger partial charge in [0, 0.05) is 0 Å². The summed E-state index contributed by atoms with van der Waals surface area (Å²) in [4.78, 5) is 9.86. The zero-order valence-electron chi connectivity index (χ0n) is 7.43. The Hall–Kier alpha value is -0.530. The van der Waals surface area contributed by atoms with Crippen molar-refractivity contribution in [3.8, 4) is 0 Å². The average molecular weight is 157 g/mol. The molecule has 0 heterocycles. The zero-order chi connectivity index (χ0) is 8.53. The second-order valence-corrected chi connectivity index (χ2v) is 2.73. The van der Waals surface area contributed by atoms with Gasteiger partial charge in [0.2, 0.25) is 0 Å². The van der Waals surface area contributed by atoms with Gasteiger partial charge in [-0.25, -0.2) is 4.79 Å². The smallest absolute Gasteiger partial charge is 0.417 e. The van der Waals surface area contributed by atoms with Crippen molar-refractivity contribution in [3.63, 3.8) is 0 Å². The lowest BCUT2D eigenvalue weighted by atomic mass is 10.1. The molecule has 0 spiro atoms. The molecule has 0 fully saturated rings. The highest BCUT2D eigenvalue weighted by Gasteiger charge is 2.04. The van der Waals surface area contributed by atoms with Crippen LogP contribution < -0.4 is 0 Å². The van der Waals surface area contributed by atoms with Crippen molar-refractivity contribution in [2.24, 2.45) is 0 Å². The quantitative estimate of drug-likeness (QED) is 0.530. The van der Waals surface area contributed by atoms with Crippen LogP contribution in [-0.2, 0) is 9.53 Å². The van der Waals surface area contributed by atoms with E-state index in [1.807, 2.05) is 6.92 Å². The maximum absolute atomic E-state index is 9.86. The molecule has 2 nitrogen and oxygen atoms in total. The maximum Gasteiger partial charge on any atom is 0.417 e. The largest absolute Gasteiger partial charge is 0.454 e. The van der Waals surface area contributed by atoms with Gasteiger partial charge in [-0.3, -0.25) is 0 Å². The fourth-order valence-corrected chi connectivity index (χ4v) is 1.04. The Morgan fingerprint density at radius 2 is 2.09 bits per heavy atom. The Bertz CT molecular complexity index is 91.6. The first kappa shape index (κ1) is 10.5. The molecule has 2 heteroatoms. The van der Waals surface area contributed by atoms with Crippen LogP contribution in [0.5, 0.6) is 0 Å². The second-order valence-electron chi connectivity index (χ2n) is 2.73. The standard InChI is InChI=1S/C9H17O2/c1-3-5-6-7-9(4-2)11-8-10/h9H,3-7H2,1-2H3. The van der Waals surface area contributed by atoms with Crippen LogP contribution in [0.4, 0.5) is 0 Å². The van der Waals surface area contributed by atoms with E-state index in [2.05, 4.69) is 6.92 Å². The topological polar surface area (TPSA) is 26.3 Å². The fraction of sp³-hybridized carbons (Fsp3) is 0.889. The van der Waals surface area contributed by atoms with Crippen LogP contribution in [0.2, 0.25) is 0 Å². The van der Waals surface area contributed by atoms with Crippen LogP contribution in [-0.4, -0.2) is 12.6 Å². The molecule has 0 aromatic carbocycles. The summed E-state index contributed by atoms with van der Waals surface area (Å²) in [6.07, 6.45) is 5.56. The Morgan fingerprint density at radius 1 is 1.36 bits per heavy atom. The molecular weight excluding hydrogens is 140 g/mol. The van der Waals surface area contributed by atoms with Gasteiger partial charge >= 0.3 is 6.47 Å². The molecule has 0 aliphatic heterocycles. The highest BCUT2D eigenvalue weighted by Crippen LogP contribution is 2.08. The summed E-state index contributed by atoms with van der Waals surface area (Å²) in [6, 6.07) is 0. The highest BCUT2D eigenvalue weighted by atomic mass is 16.5. The summed E-state index contributed by atoms with van der Waals surface area (Å²) in [5, 5.41) is 0. The molecule has 11 heavy (non-hydrogen) atoms. The molecule has 0 N–H and O–H groups in total. The van der Waals surface area contributed by atoms with Crippen molar-refractivity contribution in [2.75, 3.05) is 0 Å². The molecule has 0 saturated carbocycles. The van der Waals surface area contributed by atoms with Crippen LogP contribution >= 0.6 is 0 Å². The van der Waals surface area contributed by atoms with Gasteiger partial charge in [0.1, 0.15) is 6.10 Å². The molecule has 1 unspecified atom stereocenters. The van der Waals surface area contributed by atoms with Gasteiger partial charge in [-0.1, -0.05) is 26.7 Å². The molecule has 0 aliphatic rings. The van der Waals surface area contributed by atoms with Gasteiger partial charge in [-0.15, -0.1) is 0 Å². The van der Waals surface area contributed by atoms with Crippen LogP contribution in [0.3, 0.4) is 0 Å². The van der Waals surface area contributed by atoms with Crippen LogP contribution in [0, 0.1) is 0 Å². The minimum Gasteiger partial charge on any atom is -0.454 e. The van der Waals surface area contributed by atoms with Crippen LogP contribution in [0.1, 0.15) is 46.0 Å². The van der Waals surface area contributed by atoms with E-state index in [0.717, 1.165) is 19.3 Å². The van der Waals surface area contributed by atoms with Gasteiger partial charge in [0.05, 0.1) is 0 Å². The molecule has 0 bridgehead atoms. The van der Waals surface area contributed by atoms with Crippen LogP contribution in [0.25, 0.3) is 0 Å². The van der Waals surface area contributed by atoms with Crippen molar-refractivity contribution in [1.82, 2.24) is 0 Å². The lowest BCUT2D eigenvalue weighted by Crippen LogP contribution is -2.09. The van der Waals surface area contributed by atoms with E-state index in [0.29, 0.717) is 0 Å². The Balaban J connectivity index is 3.27. The predicted octanol–water partition coefficient (Wildman–Crippen LogP) is 2.43. The van der Waals surface area contributed by atoms with E-state index in [-0.39, 0.29) is 6.10 Å². The van der Waals surface area contributed by atoms with Crippen molar-refractivity contribution >= 4 is 6.47 Å². The van der Waals surface area contributed by atoms with Crippen molar-refractivity contribution < 1.29 is 9.53 Å². The third kappa shape index (κ3) is 5.89. The van der Waals surface area contributed by atoms with E-state index < -0.39 is 0 Å². The van der Waals surface area contributed by atoms with E-state index in [1.165, 1.54) is 19.3 Å². The van der Waals surface area contributed by atoms with E-state index in [1.54, 1.807) is 0 Å². The summed E-state index contributed by atoms with van der Waals surface area (Å²) in [5.74, 6) is 0. The van der Waals surface area contributed by atoms with Gasteiger partial charge in [-0.05, 0) is 19.3 Å². The number of hydrogen-bond donors (Lipinski definition) is 0. The van der Waals surface area contributed by atoms with Gasteiger partial charge in [-0.2, -0.15) is 0 Å². The number of rotatable bonds is 7. The van der Waals surface area contributed by atoms with Crippen LogP contribution in [0.15, 0.2) is 0 Å². The van der Waals surface area contributed by atoms with Crippen molar-refractivity contribution in [2.45, 2.75) is 52.1 Å². The molecule has 0 aromatic rings. The summed E-state index contributed by atoms with van der Waals surface area (Å²) >= 11 is 0. The lowest BCUT2D eigenvalue weighted by Gasteiger charge is -2.10. The summed E-state index contributed by atoms with van der Waals surface area (Å²) in [6.45, 7) is 5.68. The molecule has 1 atom stereocenters. The average Bonchev–Trinajstić information content (AvgIpc) is 2.03. The normalized spacial score (nSPS) is 12.5. The second kappa shape index (κ2) is 7.58. The van der Waals surface area contributed by atoms with E-state index >= 15 is 0 Å². The van der Waals surface area contributed by atoms with Crippen molar-refractivity contribution in [1.29, 1.82) is 0 Å². The molecule has 0 rings (SSSR count). The molecule has 0 saturated heterocycles. The lowest BCUT2D eigenvalue weighted by molar-refractivity contribution is 0.159. The predicted molar refractivity (Wildman–Crippen MR) is 45.0 cm³/mol. The van der Waals surface area contributed by atoms with Gasteiger partial charge in [0.15, 0.2) is 0 Å². The monoisotopic (exact) mass is 157 g/mol. The molecule has 1 radical (unpaired) electrons. The summed E-state index contributed by atoms with van der Waals surface area (Å²) < 4.78 is 4.73. The minimum absolute atomic E-state index is 0.0963.